The minimum atomic E-state index is -0.00135. The van der Waals surface area contributed by atoms with E-state index < -0.39 is 0 Å². The summed E-state index contributed by atoms with van der Waals surface area (Å²) in [5.74, 6) is 0. The van der Waals surface area contributed by atoms with Gasteiger partial charge >= 0.3 is 0 Å². The zero-order valence-electron chi connectivity index (χ0n) is 10.8. The van der Waals surface area contributed by atoms with E-state index >= 15 is 0 Å². The van der Waals surface area contributed by atoms with Crippen LogP contribution < -0.4 is 5.43 Å². The van der Waals surface area contributed by atoms with Gasteiger partial charge < -0.3 is 4.40 Å². The molecule has 4 rings (SSSR count). The molecule has 0 saturated carbocycles. The first-order valence-corrected chi connectivity index (χ1v) is 6.67. The molecule has 3 heteroatoms. The Morgan fingerprint density at radius 3 is 2.89 bits per heavy atom. The van der Waals surface area contributed by atoms with Crippen LogP contribution in [0.4, 0.5) is 0 Å². The first-order chi connectivity index (χ1) is 9.25. The van der Waals surface area contributed by atoms with E-state index in [-0.39, 0.29) is 5.43 Å². The zero-order chi connectivity index (χ0) is 13.0. The zero-order valence-corrected chi connectivity index (χ0v) is 10.8. The van der Waals surface area contributed by atoms with Gasteiger partial charge in [-0.2, -0.15) is 0 Å². The van der Waals surface area contributed by atoms with Crippen LogP contribution in [0.1, 0.15) is 23.1 Å². The smallest absolute Gasteiger partial charge is 0.206 e. The van der Waals surface area contributed by atoms with E-state index in [0.717, 1.165) is 30.5 Å². The van der Waals surface area contributed by atoms with Crippen molar-refractivity contribution in [1.82, 2.24) is 9.38 Å². The van der Waals surface area contributed by atoms with E-state index in [1.807, 2.05) is 19.2 Å². The lowest BCUT2D eigenvalue weighted by Gasteiger charge is -2.11. The molecular weight excluding hydrogens is 236 g/mol. The first-order valence-electron chi connectivity index (χ1n) is 6.67. The van der Waals surface area contributed by atoms with Crippen molar-refractivity contribution >= 4 is 5.52 Å². The Kier molecular flexibility index (Phi) is 2.07. The Bertz CT molecular complexity index is 832. The Hall–Kier alpha value is -2.16. The molecule has 1 aromatic rings. The van der Waals surface area contributed by atoms with Crippen LogP contribution in [0.2, 0.25) is 0 Å². The van der Waals surface area contributed by atoms with Crippen LogP contribution in [0.5, 0.6) is 0 Å². The number of benzene rings is 1. The molecule has 0 amide bonds. The molecule has 0 spiro atoms. The van der Waals surface area contributed by atoms with Crippen molar-refractivity contribution in [2.75, 3.05) is 0 Å². The number of hydrogen-bond donors (Lipinski definition) is 0. The van der Waals surface area contributed by atoms with Crippen LogP contribution in [-0.2, 0) is 12.8 Å². The van der Waals surface area contributed by atoms with Gasteiger partial charge in [0.25, 0.3) is 0 Å². The molecule has 0 unspecified atom stereocenters. The fraction of sp³-hybridized carbons (Fsp3) is 0.250. The van der Waals surface area contributed by atoms with Crippen molar-refractivity contribution in [3.63, 3.8) is 0 Å². The van der Waals surface area contributed by atoms with E-state index in [1.54, 1.807) is 6.07 Å². The Morgan fingerprint density at radius 1 is 1.16 bits per heavy atom. The molecule has 19 heavy (non-hydrogen) atoms. The summed E-state index contributed by atoms with van der Waals surface area (Å²) >= 11 is 0. The Balaban J connectivity index is 2.31. The van der Waals surface area contributed by atoms with Crippen LogP contribution in [0.3, 0.4) is 0 Å². The summed E-state index contributed by atoms with van der Waals surface area (Å²) in [6, 6.07) is 5.67. The summed E-state index contributed by atoms with van der Waals surface area (Å²) in [4.78, 5) is 16.5. The molecule has 94 valence electrons. The third-order valence-corrected chi connectivity index (χ3v) is 4.07. The van der Waals surface area contributed by atoms with Gasteiger partial charge in [0.05, 0.1) is 11.2 Å². The monoisotopic (exact) mass is 250 g/mol. The van der Waals surface area contributed by atoms with Gasteiger partial charge in [-0.05, 0) is 55.0 Å². The highest BCUT2D eigenvalue weighted by molar-refractivity contribution is 5.71. The Labute approximate surface area is 110 Å². The maximum Gasteiger partial charge on any atom is 0.206 e. The van der Waals surface area contributed by atoms with Crippen LogP contribution >= 0.6 is 0 Å². The summed E-state index contributed by atoms with van der Waals surface area (Å²) in [5.41, 5.74) is 6.48. The number of fused-ring (bicyclic) bond motifs is 2. The lowest BCUT2D eigenvalue weighted by molar-refractivity contribution is 0.803. The quantitative estimate of drug-likeness (QED) is 0.614. The molecule has 0 aromatic carbocycles. The summed E-state index contributed by atoms with van der Waals surface area (Å²) in [7, 11) is 0. The van der Waals surface area contributed by atoms with Crippen molar-refractivity contribution in [2.24, 2.45) is 0 Å². The molecule has 0 atom stereocenters. The molecule has 0 fully saturated rings. The fourth-order valence-corrected chi connectivity index (χ4v) is 3.17. The third-order valence-electron chi connectivity index (χ3n) is 4.07. The van der Waals surface area contributed by atoms with E-state index in [2.05, 4.69) is 21.6 Å². The maximum absolute atomic E-state index is 12.1. The average molecular weight is 250 g/mol. The molecule has 1 aliphatic heterocycles. The van der Waals surface area contributed by atoms with Gasteiger partial charge in [0.1, 0.15) is 5.69 Å². The molecule has 3 aliphatic rings. The van der Waals surface area contributed by atoms with E-state index in [4.69, 9.17) is 0 Å². The lowest BCUT2D eigenvalue weighted by Crippen LogP contribution is -2.08. The molecule has 3 nitrogen and oxygen atoms in total. The van der Waals surface area contributed by atoms with E-state index in [1.165, 1.54) is 16.6 Å². The van der Waals surface area contributed by atoms with Gasteiger partial charge in [0, 0.05) is 12.4 Å². The van der Waals surface area contributed by atoms with Gasteiger partial charge in [-0.1, -0.05) is 6.07 Å². The molecule has 2 heterocycles. The SMILES string of the molecule is Cc1ccc(=O)c2ncc3c4c(ccn4c1-2)CCC3. The number of rotatable bonds is 0. The topological polar surface area (TPSA) is 34.4 Å². The van der Waals surface area contributed by atoms with Crippen LogP contribution in [0, 0.1) is 6.92 Å². The van der Waals surface area contributed by atoms with Crippen molar-refractivity contribution in [2.45, 2.75) is 26.2 Å². The molecule has 2 aliphatic carbocycles. The molecule has 0 saturated heterocycles. The van der Waals surface area contributed by atoms with E-state index in [0.29, 0.717) is 5.69 Å². The standard InChI is InChI=1S/C16H14N2O/c1-10-5-6-13(19)14-15(10)18-8-7-11-3-2-4-12(9-17-14)16(11)18/h5-9H,2-4H2,1H3. The number of aromatic nitrogens is 2. The molecule has 0 bridgehead atoms. The highest BCUT2D eigenvalue weighted by atomic mass is 16.1. The van der Waals surface area contributed by atoms with Crippen molar-refractivity contribution in [3.8, 4) is 11.4 Å². The summed E-state index contributed by atoms with van der Waals surface area (Å²) in [6.07, 6.45) is 7.29. The summed E-state index contributed by atoms with van der Waals surface area (Å²) in [5, 5.41) is 0. The van der Waals surface area contributed by atoms with Gasteiger partial charge in [0.2, 0.25) is 5.43 Å². The second-order valence-corrected chi connectivity index (χ2v) is 5.27. The number of aryl methyl sites for hydroxylation is 3. The summed E-state index contributed by atoms with van der Waals surface area (Å²) < 4.78 is 2.16. The molecule has 0 N–H and O–H groups in total. The highest BCUT2D eigenvalue weighted by Crippen LogP contribution is 2.29. The maximum atomic E-state index is 12.1. The fourth-order valence-electron chi connectivity index (χ4n) is 3.17. The Morgan fingerprint density at radius 2 is 2.00 bits per heavy atom. The second-order valence-electron chi connectivity index (χ2n) is 5.27. The van der Waals surface area contributed by atoms with Gasteiger partial charge in [-0.15, -0.1) is 0 Å². The molecular formula is C16H14N2O. The van der Waals surface area contributed by atoms with Crippen molar-refractivity contribution in [1.29, 1.82) is 0 Å². The van der Waals surface area contributed by atoms with Crippen LogP contribution in [-0.4, -0.2) is 9.38 Å². The largest absolute Gasteiger partial charge is 0.314 e. The van der Waals surface area contributed by atoms with Crippen LogP contribution in [0.15, 0.2) is 35.4 Å². The highest BCUT2D eigenvalue weighted by Gasteiger charge is 2.19. The van der Waals surface area contributed by atoms with Gasteiger partial charge in [-0.25, -0.2) is 0 Å². The van der Waals surface area contributed by atoms with Crippen molar-refractivity contribution in [3.05, 3.63) is 57.5 Å². The molecule has 0 radical (unpaired) electrons. The minimum absolute atomic E-state index is 0.00135. The van der Waals surface area contributed by atoms with Crippen LogP contribution in [0.25, 0.3) is 16.9 Å². The normalized spacial score (nSPS) is 14.2. The molecule has 1 aromatic heterocycles. The second kappa shape index (κ2) is 3.67. The third kappa shape index (κ3) is 1.38. The lowest BCUT2D eigenvalue weighted by atomic mass is 9.98. The predicted molar refractivity (Wildman–Crippen MR) is 74.8 cm³/mol. The summed E-state index contributed by atoms with van der Waals surface area (Å²) in [6.45, 7) is 2.04. The minimum Gasteiger partial charge on any atom is -0.314 e. The number of hydrogen-bond acceptors (Lipinski definition) is 2. The van der Waals surface area contributed by atoms with Gasteiger partial charge in [0.15, 0.2) is 0 Å². The first kappa shape index (κ1) is 10.7. The predicted octanol–water partition coefficient (Wildman–Crippen LogP) is 2.60. The average Bonchev–Trinajstić information content (AvgIpc) is 2.75. The van der Waals surface area contributed by atoms with Crippen molar-refractivity contribution < 1.29 is 0 Å². The van der Waals surface area contributed by atoms with Gasteiger partial charge in [-0.3, -0.25) is 9.78 Å². The van der Waals surface area contributed by atoms with E-state index in [9.17, 15) is 4.79 Å². The number of nitrogens with zero attached hydrogens (tertiary/aromatic N) is 2.